The first-order valence-corrected chi connectivity index (χ1v) is 7.28. The fourth-order valence-electron chi connectivity index (χ4n) is 1.92. The molecule has 0 spiro atoms. The summed E-state index contributed by atoms with van der Waals surface area (Å²) in [5.74, 6) is -0.900. The first-order chi connectivity index (χ1) is 9.60. The van der Waals surface area contributed by atoms with Crippen LogP contribution in [0.15, 0.2) is 35.7 Å². The summed E-state index contributed by atoms with van der Waals surface area (Å²) in [7, 11) is 0. The molecule has 1 aromatic carbocycles. The van der Waals surface area contributed by atoms with Crippen LogP contribution in [-0.2, 0) is 11.2 Å². The maximum absolute atomic E-state index is 12.2. The molecule has 1 aromatic heterocycles. The Labute approximate surface area is 122 Å². The molecule has 102 valence electrons. The SMILES string of the molecule is Cc1ccc(C)c(NC(=O)C(C#N)Cc2cccs2)c1. The Morgan fingerprint density at radius 3 is 2.85 bits per heavy atom. The molecule has 0 aliphatic heterocycles. The van der Waals surface area contributed by atoms with Crippen LogP contribution in [0.5, 0.6) is 0 Å². The lowest BCUT2D eigenvalue weighted by atomic mass is 10.0. The van der Waals surface area contributed by atoms with Crippen LogP contribution in [0.4, 0.5) is 5.69 Å². The van der Waals surface area contributed by atoms with Gasteiger partial charge in [0.25, 0.3) is 0 Å². The average Bonchev–Trinajstić information content (AvgIpc) is 2.93. The highest BCUT2D eigenvalue weighted by molar-refractivity contribution is 7.09. The number of nitriles is 1. The van der Waals surface area contributed by atoms with Gasteiger partial charge in [0.1, 0.15) is 5.92 Å². The molecule has 0 saturated carbocycles. The van der Waals surface area contributed by atoms with Gasteiger partial charge >= 0.3 is 0 Å². The standard InChI is InChI=1S/C16H16N2OS/c1-11-5-6-12(2)15(8-11)18-16(19)13(10-17)9-14-4-3-7-20-14/h3-8,13H,9H2,1-2H3,(H,18,19). The fraction of sp³-hybridized carbons (Fsp3) is 0.250. The van der Waals surface area contributed by atoms with E-state index in [1.165, 1.54) is 0 Å². The van der Waals surface area contributed by atoms with Crippen LogP contribution >= 0.6 is 11.3 Å². The summed E-state index contributed by atoms with van der Waals surface area (Å²) in [6, 6.07) is 11.8. The Balaban J connectivity index is 2.10. The predicted molar refractivity (Wildman–Crippen MR) is 81.7 cm³/mol. The van der Waals surface area contributed by atoms with E-state index in [1.54, 1.807) is 11.3 Å². The van der Waals surface area contributed by atoms with Crippen LogP contribution in [0.25, 0.3) is 0 Å². The number of nitrogens with zero attached hydrogens (tertiary/aromatic N) is 1. The largest absolute Gasteiger partial charge is 0.325 e. The Morgan fingerprint density at radius 2 is 2.20 bits per heavy atom. The molecule has 0 fully saturated rings. The molecule has 1 unspecified atom stereocenters. The van der Waals surface area contributed by atoms with Crippen LogP contribution < -0.4 is 5.32 Å². The molecule has 4 heteroatoms. The quantitative estimate of drug-likeness (QED) is 0.931. The molecular formula is C16H16N2OS. The van der Waals surface area contributed by atoms with Crippen molar-refractivity contribution < 1.29 is 4.79 Å². The van der Waals surface area contributed by atoms with Gasteiger partial charge in [-0.3, -0.25) is 4.79 Å². The smallest absolute Gasteiger partial charge is 0.242 e. The minimum atomic E-state index is -0.659. The Morgan fingerprint density at radius 1 is 1.40 bits per heavy atom. The van der Waals surface area contributed by atoms with Gasteiger partial charge in [0.05, 0.1) is 6.07 Å². The molecular weight excluding hydrogens is 268 g/mol. The van der Waals surface area contributed by atoms with Crippen molar-refractivity contribution in [2.24, 2.45) is 5.92 Å². The molecule has 0 bridgehead atoms. The zero-order valence-corrected chi connectivity index (χ0v) is 12.3. The first-order valence-electron chi connectivity index (χ1n) is 6.40. The van der Waals surface area contributed by atoms with E-state index in [0.29, 0.717) is 6.42 Å². The number of hydrogen-bond acceptors (Lipinski definition) is 3. The zero-order valence-electron chi connectivity index (χ0n) is 11.5. The maximum atomic E-state index is 12.2. The molecule has 2 aromatic rings. The van der Waals surface area contributed by atoms with Crippen molar-refractivity contribution in [3.8, 4) is 6.07 Å². The third-order valence-corrected chi connectivity index (χ3v) is 4.01. The van der Waals surface area contributed by atoms with E-state index in [2.05, 4.69) is 11.4 Å². The van der Waals surface area contributed by atoms with Crippen molar-refractivity contribution in [1.82, 2.24) is 0 Å². The Kier molecular flexibility index (Phi) is 4.54. The van der Waals surface area contributed by atoms with Crippen molar-refractivity contribution in [2.75, 3.05) is 5.32 Å². The van der Waals surface area contributed by atoms with Gasteiger partial charge in [-0.25, -0.2) is 0 Å². The molecule has 2 rings (SSSR count). The Hall–Kier alpha value is -2.12. The highest BCUT2D eigenvalue weighted by atomic mass is 32.1. The molecule has 1 heterocycles. The number of anilines is 1. The third-order valence-electron chi connectivity index (χ3n) is 3.11. The lowest BCUT2D eigenvalue weighted by Crippen LogP contribution is -2.23. The summed E-state index contributed by atoms with van der Waals surface area (Å²) in [5, 5.41) is 14.0. The van der Waals surface area contributed by atoms with Crippen LogP contribution in [0.2, 0.25) is 0 Å². The van der Waals surface area contributed by atoms with Crippen LogP contribution in [0.1, 0.15) is 16.0 Å². The number of thiophene rings is 1. The highest BCUT2D eigenvalue weighted by Crippen LogP contribution is 2.19. The van der Waals surface area contributed by atoms with E-state index in [0.717, 1.165) is 21.7 Å². The third kappa shape index (κ3) is 3.46. The topological polar surface area (TPSA) is 52.9 Å². The van der Waals surface area contributed by atoms with Crippen LogP contribution in [-0.4, -0.2) is 5.91 Å². The van der Waals surface area contributed by atoms with E-state index < -0.39 is 5.92 Å². The lowest BCUT2D eigenvalue weighted by molar-refractivity contribution is -0.118. The normalized spacial score (nSPS) is 11.7. The number of amides is 1. The number of nitrogens with one attached hydrogen (secondary N) is 1. The fourth-order valence-corrected chi connectivity index (χ4v) is 2.67. The second-order valence-corrected chi connectivity index (χ2v) is 5.81. The first kappa shape index (κ1) is 14.3. The second-order valence-electron chi connectivity index (χ2n) is 4.77. The summed E-state index contributed by atoms with van der Waals surface area (Å²) in [4.78, 5) is 13.3. The number of carbonyl (C=O) groups is 1. The predicted octanol–water partition coefficient (Wildman–Crippen LogP) is 3.69. The number of hydrogen-bond donors (Lipinski definition) is 1. The average molecular weight is 284 g/mol. The van der Waals surface area contributed by atoms with Crippen LogP contribution in [0, 0.1) is 31.1 Å². The second kappa shape index (κ2) is 6.36. The summed E-state index contributed by atoms with van der Waals surface area (Å²) >= 11 is 1.56. The zero-order chi connectivity index (χ0) is 14.5. The van der Waals surface area contributed by atoms with Gasteiger partial charge in [0, 0.05) is 17.0 Å². The molecule has 0 radical (unpaired) electrons. The summed E-state index contributed by atoms with van der Waals surface area (Å²) in [6.45, 7) is 3.91. The minimum absolute atomic E-state index is 0.241. The van der Waals surface area contributed by atoms with Gasteiger partial charge in [-0.15, -0.1) is 11.3 Å². The van der Waals surface area contributed by atoms with Crippen LogP contribution in [0.3, 0.4) is 0 Å². The number of benzene rings is 1. The molecule has 1 amide bonds. The van der Waals surface area contributed by atoms with Crippen molar-refractivity contribution in [3.05, 3.63) is 51.7 Å². The highest BCUT2D eigenvalue weighted by Gasteiger charge is 2.19. The van der Waals surface area contributed by atoms with Crippen molar-refractivity contribution >= 4 is 22.9 Å². The van der Waals surface area contributed by atoms with E-state index in [4.69, 9.17) is 0 Å². The van der Waals surface area contributed by atoms with Gasteiger partial charge in [-0.05, 0) is 42.5 Å². The van der Waals surface area contributed by atoms with Crippen molar-refractivity contribution in [3.63, 3.8) is 0 Å². The van der Waals surface area contributed by atoms with E-state index in [1.807, 2.05) is 49.6 Å². The maximum Gasteiger partial charge on any atom is 0.242 e. The molecule has 1 N–H and O–H groups in total. The van der Waals surface area contributed by atoms with E-state index >= 15 is 0 Å². The van der Waals surface area contributed by atoms with E-state index in [9.17, 15) is 10.1 Å². The minimum Gasteiger partial charge on any atom is -0.325 e. The molecule has 1 atom stereocenters. The molecule has 0 saturated heterocycles. The van der Waals surface area contributed by atoms with Gasteiger partial charge < -0.3 is 5.32 Å². The molecule has 0 aliphatic carbocycles. The molecule has 20 heavy (non-hydrogen) atoms. The van der Waals surface area contributed by atoms with Gasteiger partial charge in [-0.2, -0.15) is 5.26 Å². The Bertz CT molecular complexity index is 641. The number of carbonyl (C=O) groups excluding carboxylic acids is 1. The summed E-state index contributed by atoms with van der Waals surface area (Å²) in [5.41, 5.74) is 2.86. The lowest BCUT2D eigenvalue weighted by Gasteiger charge is -2.12. The monoisotopic (exact) mass is 284 g/mol. The number of rotatable bonds is 4. The van der Waals surface area contributed by atoms with Gasteiger partial charge in [0.2, 0.25) is 5.91 Å². The molecule has 0 aliphatic rings. The molecule has 3 nitrogen and oxygen atoms in total. The number of aryl methyl sites for hydroxylation is 2. The van der Waals surface area contributed by atoms with Crippen molar-refractivity contribution in [1.29, 1.82) is 5.26 Å². The van der Waals surface area contributed by atoms with E-state index in [-0.39, 0.29) is 5.91 Å². The summed E-state index contributed by atoms with van der Waals surface area (Å²) in [6.07, 6.45) is 0.463. The van der Waals surface area contributed by atoms with Crippen molar-refractivity contribution in [2.45, 2.75) is 20.3 Å². The summed E-state index contributed by atoms with van der Waals surface area (Å²) < 4.78 is 0. The van der Waals surface area contributed by atoms with Gasteiger partial charge in [0.15, 0.2) is 0 Å². The van der Waals surface area contributed by atoms with Gasteiger partial charge in [-0.1, -0.05) is 18.2 Å².